The summed E-state index contributed by atoms with van der Waals surface area (Å²) in [5.41, 5.74) is 1.70. The zero-order valence-electron chi connectivity index (χ0n) is 8.90. The van der Waals surface area contributed by atoms with Crippen molar-refractivity contribution >= 4 is 5.97 Å². The number of hydrogen-bond acceptors (Lipinski definition) is 3. The first-order valence-electron chi connectivity index (χ1n) is 5.15. The third-order valence-electron chi connectivity index (χ3n) is 2.09. The molecular formula is C12H16O3. The van der Waals surface area contributed by atoms with E-state index in [-0.39, 0.29) is 12.6 Å². The van der Waals surface area contributed by atoms with Crippen LogP contribution >= 0.6 is 0 Å². The van der Waals surface area contributed by atoms with Gasteiger partial charge in [0.05, 0.1) is 12.2 Å². The van der Waals surface area contributed by atoms with Gasteiger partial charge in [-0.25, -0.2) is 4.79 Å². The van der Waals surface area contributed by atoms with Gasteiger partial charge in [-0.3, -0.25) is 0 Å². The molecule has 0 atom stereocenters. The Hall–Kier alpha value is -1.35. The molecule has 1 aromatic rings. The molecule has 0 spiro atoms. The number of carbonyl (C=O) groups is 1. The van der Waals surface area contributed by atoms with Crippen molar-refractivity contribution in [3.8, 4) is 0 Å². The van der Waals surface area contributed by atoms with Crippen LogP contribution in [-0.2, 0) is 11.2 Å². The predicted molar refractivity (Wildman–Crippen MR) is 57.8 cm³/mol. The van der Waals surface area contributed by atoms with E-state index < -0.39 is 0 Å². The van der Waals surface area contributed by atoms with Gasteiger partial charge in [0.1, 0.15) is 0 Å². The van der Waals surface area contributed by atoms with E-state index in [0.29, 0.717) is 12.2 Å². The van der Waals surface area contributed by atoms with Crippen molar-refractivity contribution in [2.24, 2.45) is 0 Å². The molecule has 0 fully saturated rings. The summed E-state index contributed by atoms with van der Waals surface area (Å²) in [5.74, 6) is -0.286. The predicted octanol–water partition coefficient (Wildman–Crippen LogP) is 1.79. The fourth-order valence-corrected chi connectivity index (χ4v) is 1.31. The van der Waals surface area contributed by atoms with Gasteiger partial charge >= 0.3 is 5.97 Å². The topological polar surface area (TPSA) is 46.5 Å². The zero-order chi connectivity index (χ0) is 11.1. The SMILES string of the molecule is CCOC(=O)c1ccc(CCCO)cc1. The standard InChI is InChI=1S/C12H16O3/c1-2-15-12(14)11-7-5-10(6-8-11)4-3-9-13/h5-8,13H,2-4,9H2,1H3. The summed E-state index contributed by atoms with van der Waals surface area (Å²) in [4.78, 5) is 11.3. The molecule has 0 unspecified atom stereocenters. The van der Waals surface area contributed by atoms with Crippen molar-refractivity contribution in [2.75, 3.05) is 13.2 Å². The molecule has 82 valence electrons. The molecule has 0 radical (unpaired) electrons. The van der Waals surface area contributed by atoms with Crippen LogP contribution in [0.4, 0.5) is 0 Å². The lowest BCUT2D eigenvalue weighted by atomic mass is 10.1. The number of esters is 1. The number of aliphatic hydroxyl groups is 1. The van der Waals surface area contributed by atoms with E-state index in [1.54, 1.807) is 19.1 Å². The minimum absolute atomic E-state index is 0.194. The van der Waals surface area contributed by atoms with Gasteiger partial charge in [0.2, 0.25) is 0 Å². The van der Waals surface area contributed by atoms with Gasteiger partial charge in [-0.2, -0.15) is 0 Å². The van der Waals surface area contributed by atoms with Gasteiger partial charge in [-0.05, 0) is 37.5 Å². The van der Waals surface area contributed by atoms with Crippen LogP contribution in [0, 0.1) is 0 Å². The Labute approximate surface area is 89.7 Å². The molecule has 1 N–H and O–H groups in total. The van der Waals surface area contributed by atoms with Crippen LogP contribution in [-0.4, -0.2) is 24.3 Å². The molecule has 0 aliphatic heterocycles. The summed E-state index contributed by atoms with van der Waals surface area (Å²) >= 11 is 0. The van der Waals surface area contributed by atoms with Gasteiger partial charge in [0.25, 0.3) is 0 Å². The van der Waals surface area contributed by atoms with Crippen molar-refractivity contribution in [2.45, 2.75) is 19.8 Å². The van der Waals surface area contributed by atoms with Gasteiger partial charge in [0.15, 0.2) is 0 Å². The summed E-state index contributed by atoms with van der Waals surface area (Å²) in [7, 11) is 0. The van der Waals surface area contributed by atoms with E-state index in [1.165, 1.54) is 0 Å². The van der Waals surface area contributed by atoms with Crippen LogP contribution in [0.2, 0.25) is 0 Å². The highest BCUT2D eigenvalue weighted by Crippen LogP contribution is 2.07. The van der Waals surface area contributed by atoms with Crippen molar-refractivity contribution < 1.29 is 14.6 Å². The monoisotopic (exact) mass is 208 g/mol. The van der Waals surface area contributed by atoms with Gasteiger partial charge in [-0.1, -0.05) is 12.1 Å². The lowest BCUT2D eigenvalue weighted by molar-refractivity contribution is 0.0526. The maximum absolute atomic E-state index is 11.3. The summed E-state index contributed by atoms with van der Waals surface area (Å²) in [6, 6.07) is 7.29. The summed E-state index contributed by atoms with van der Waals surface area (Å²) < 4.78 is 4.87. The molecule has 0 bridgehead atoms. The van der Waals surface area contributed by atoms with Gasteiger partial charge < -0.3 is 9.84 Å². The first-order valence-corrected chi connectivity index (χ1v) is 5.15. The first-order chi connectivity index (χ1) is 7.27. The quantitative estimate of drug-likeness (QED) is 0.750. The molecule has 3 nitrogen and oxygen atoms in total. The Bertz CT molecular complexity index is 303. The van der Waals surface area contributed by atoms with Crippen LogP contribution in [0.3, 0.4) is 0 Å². The minimum Gasteiger partial charge on any atom is -0.462 e. The van der Waals surface area contributed by atoms with Crippen molar-refractivity contribution in [1.82, 2.24) is 0 Å². The summed E-state index contributed by atoms with van der Waals surface area (Å²) in [6.45, 7) is 2.37. The van der Waals surface area contributed by atoms with E-state index in [0.717, 1.165) is 18.4 Å². The number of carbonyl (C=O) groups excluding carboxylic acids is 1. The number of hydrogen-bond donors (Lipinski definition) is 1. The normalized spacial score (nSPS) is 10.0. The Morgan fingerprint density at radius 1 is 1.33 bits per heavy atom. The Kier molecular flexibility index (Phi) is 4.84. The second-order valence-electron chi connectivity index (χ2n) is 3.24. The van der Waals surface area contributed by atoms with Crippen LogP contribution in [0.25, 0.3) is 0 Å². The molecule has 0 aliphatic rings. The number of ether oxygens (including phenoxy) is 1. The van der Waals surface area contributed by atoms with E-state index in [1.807, 2.05) is 12.1 Å². The third kappa shape index (κ3) is 3.72. The fraction of sp³-hybridized carbons (Fsp3) is 0.417. The molecule has 1 rings (SSSR count). The first kappa shape index (κ1) is 11.7. The van der Waals surface area contributed by atoms with Crippen LogP contribution in [0.5, 0.6) is 0 Å². The molecule has 0 aliphatic carbocycles. The molecule has 3 heteroatoms. The van der Waals surface area contributed by atoms with E-state index >= 15 is 0 Å². The van der Waals surface area contributed by atoms with Gasteiger partial charge in [0, 0.05) is 6.61 Å². The number of benzene rings is 1. The summed E-state index contributed by atoms with van der Waals surface area (Å²) in [5, 5.41) is 8.67. The maximum Gasteiger partial charge on any atom is 0.338 e. The second kappa shape index (κ2) is 6.19. The fourth-order valence-electron chi connectivity index (χ4n) is 1.31. The van der Waals surface area contributed by atoms with E-state index in [4.69, 9.17) is 9.84 Å². The molecule has 1 aromatic carbocycles. The Morgan fingerprint density at radius 2 is 2.00 bits per heavy atom. The largest absolute Gasteiger partial charge is 0.462 e. The second-order valence-corrected chi connectivity index (χ2v) is 3.24. The number of aliphatic hydroxyl groups excluding tert-OH is 1. The van der Waals surface area contributed by atoms with Crippen LogP contribution < -0.4 is 0 Å². The Balaban J connectivity index is 2.59. The zero-order valence-corrected chi connectivity index (χ0v) is 8.90. The number of rotatable bonds is 5. The third-order valence-corrected chi connectivity index (χ3v) is 2.09. The average Bonchev–Trinajstić information content (AvgIpc) is 2.27. The van der Waals surface area contributed by atoms with Crippen LogP contribution in [0.1, 0.15) is 29.3 Å². The molecule has 0 saturated carbocycles. The highest BCUT2D eigenvalue weighted by Gasteiger charge is 2.04. The van der Waals surface area contributed by atoms with Gasteiger partial charge in [-0.15, -0.1) is 0 Å². The highest BCUT2D eigenvalue weighted by molar-refractivity contribution is 5.89. The lowest BCUT2D eigenvalue weighted by Gasteiger charge is -2.03. The molecule has 15 heavy (non-hydrogen) atoms. The average molecular weight is 208 g/mol. The molecule has 0 heterocycles. The molecule has 0 aromatic heterocycles. The van der Waals surface area contributed by atoms with E-state index in [9.17, 15) is 4.79 Å². The highest BCUT2D eigenvalue weighted by atomic mass is 16.5. The van der Waals surface area contributed by atoms with Crippen molar-refractivity contribution in [3.05, 3.63) is 35.4 Å². The Morgan fingerprint density at radius 3 is 2.53 bits per heavy atom. The molecule has 0 saturated heterocycles. The van der Waals surface area contributed by atoms with E-state index in [2.05, 4.69) is 0 Å². The minimum atomic E-state index is -0.286. The maximum atomic E-state index is 11.3. The summed E-state index contributed by atoms with van der Waals surface area (Å²) in [6.07, 6.45) is 1.58. The number of aryl methyl sites for hydroxylation is 1. The lowest BCUT2D eigenvalue weighted by Crippen LogP contribution is -2.04. The van der Waals surface area contributed by atoms with Crippen LogP contribution in [0.15, 0.2) is 24.3 Å². The molecular weight excluding hydrogens is 192 g/mol. The van der Waals surface area contributed by atoms with Crippen molar-refractivity contribution in [3.63, 3.8) is 0 Å². The molecule has 0 amide bonds. The smallest absolute Gasteiger partial charge is 0.338 e. The van der Waals surface area contributed by atoms with Crippen molar-refractivity contribution in [1.29, 1.82) is 0 Å².